The molecule has 1 amide bonds. The lowest BCUT2D eigenvalue weighted by Crippen LogP contribution is -2.32. The Hall–Kier alpha value is -2.53. The molecule has 4 rings (SSSR count). The highest BCUT2D eigenvalue weighted by molar-refractivity contribution is 7.17. The first kappa shape index (κ1) is 16.0. The maximum absolute atomic E-state index is 13.2. The number of carbonyl (C=O) groups is 1. The van der Waals surface area contributed by atoms with Gasteiger partial charge in [0.2, 0.25) is 0 Å². The summed E-state index contributed by atoms with van der Waals surface area (Å²) in [5.74, 6) is 0.0866. The van der Waals surface area contributed by atoms with Crippen molar-refractivity contribution in [1.82, 2.24) is 14.9 Å². The second-order valence-electron chi connectivity index (χ2n) is 6.30. The molecule has 1 aromatic carbocycles. The number of thiazole rings is 1. The van der Waals surface area contributed by atoms with Crippen molar-refractivity contribution in [2.45, 2.75) is 32.4 Å². The Balaban J connectivity index is 1.61. The Kier molecular flexibility index (Phi) is 4.32. The van der Waals surface area contributed by atoms with Gasteiger partial charge in [0.1, 0.15) is 9.88 Å². The molecule has 1 fully saturated rings. The predicted molar refractivity (Wildman–Crippen MR) is 99.4 cm³/mol. The summed E-state index contributed by atoms with van der Waals surface area (Å²) in [4.78, 5) is 24.8. The van der Waals surface area contributed by atoms with Crippen LogP contribution in [0.25, 0.3) is 10.7 Å². The van der Waals surface area contributed by atoms with Gasteiger partial charge >= 0.3 is 0 Å². The normalized spacial score (nSPS) is 13.6. The quantitative estimate of drug-likeness (QED) is 0.689. The van der Waals surface area contributed by atoms with E-state index in [4.69, 9.17) is 0 Å². The van der Waals surface area contributed by atoms with Gasteiger partial charge in [0.15, 0.2) is 0 Å². The molecule has 1 saturated carbocycles. The minimum Gasteiger partial charge on any atom is -0.331 e. The summed E-state index contributed by atoms with van der Waals surface area (Å²) >= 11 is 1.44. The van der Waals surface area contributed by atoms with E-state index < -0.39 is 0 Å². The second kappa shape index (κ2) is 6.76. The highest BCUT2D eigenvalue weighted by Crippen LogP contribution is 2.33. The summed E-state index contributed by atoms with van der Waals surface area (Å²) in [6.45, 7) is 2.56. The summed E-state index contributed by atoms with van der Waals surface area (Å²) in [6.07, 6.45) is 3.92. The zero-order valence-electron chi connectivity index (χ0n) is 14.1. The van der Waals surface area contributed by atoms with Gasteiger partial charge in [-0.1, -0.05) is 36.4 Å². The maximum Gasteiger partial charge on any atom is 0.266 e. The van der Waals surface area contributed by atoms with Crippen molar-refractivity contribution in [2.24, 2.45) is 0 Å². The van der Waals surface area contributed by atoms with Crippen LogP contribution in [0, 0.1) is 6.92 Å². The van der Waals surface area contributed by atoms with Crippen molar-refractivity contribution in [1.29, 1.82) is 0 Å². The van der Waals surface area contributed by atoms with Crippen molar-refractivity contribution in [3.63, 3.8) is 0 Å². The van der Waals surface area contributed by atoms with Crippen LogP contribution in [-0.4, -0.2) is 26.8 Å². The van der Waals surface area contributed by atoms with Gasteiger partial charge in [-0.25, -0.2) is 4.98 Å². The number of aryl methyl sites for hydroxylation is 1. The van der Waals surface area contributed by atoms with Gasteiger partial charge in [-0.2, -0.15) is 0 Å². The SMILES string of the molecule is Cc1nc(-c2ccccn2)sc1C(=O)N(Cc1ccccc1)C1CC1. The van der Waals surface area contributed by atoms with Crippen LogP contribution in [0.5, 0.6) is 0 Å². The van der Waals surface area contributed by atoms with Crippen LogP contribution in [0.15, 0.2) is 54.7 Å². The average Bonchev–Trinajstić information content (AvgIpc) is 3.42. The van der Waals surface area contributed by atoms with Crippen molar-refractivity contribution < 1.29 is 4.79 Å². The first-order valence-electron chi connectivity index (χ1n) is 8.46. The third-order valence-corrected chi connectivity index (χ3v) is 5.49. The number of carbonyl (C=O) groups excluding carboxylic acids is 1. The average molecular weight is 349 g/mol. The van der Waals surface area contributed by atoms with Crippen LogP contribution in [0.3, 0.4) is 0 Å². The van der Waals surface area contributed by atoms with Crippen LogP contribution < -0.4 is 0 Å². The van der Waals surface area contributed by atoms with E-state index in [1.807, 2.05) is 48.2 Å². The molecule has 0 radical (unpaired) electrons. The zero-order chi connectivity index (χ0) is 17.2. The van der Waals surface area contributed by atoms with E-state index in [0.29, 0.717) is 12.6 Å². The highest BCUT2D eigenvalue weighted by atomic mass is 32.1. The van der Waals surface area contributed by atoms with E-state index in [0.717, 1.165) is 39.7 Å². The molecule has 2 heterocycles. The Labute approximate surface area is 151 Å². The molecule has 4 nitrogen and oxygen atoms in total. The fourth-order valence-electron chi connectivity index (χ4n) is 2.86. The minimum absolute atomic E-state index is 0.0866. The predicted octanol–water partition coefficient (Wildman–Crippen LogP) is 4.32. The van der Waals surface area contributed by atoms with Crippen molar-refractivity contribution in [3.8, 4) is 10.7 Å². The summed E-state index contributed by atoms with van der Waals surface area (Å²) in [6, 6.07) is 16.3. The molecule has 1 aliphatic rings. The topological polar surface area (TPSA) is 46.1 Å². The Morgan fingerprint density at radius 1 is 1.16 bits per heavy atom. The number of amides is 1. The molecular weight excluding hydrogens is 330 g/mol. The highest BCUT2D eigenvalue weighted by Gasteiger charge is 2.34. The molecule has 0 bridgehead atoms. The minimum atomic E-state index is 0.0866. The molecule has 0 spiro atoms. The lowest BCUT2D eigenvalue weighted by Gasteiger charge is -2.22. The molecular formula is C20H19N3OS. The number of hydrogen-bond donors (Lipinski definition) is 0. The van der Waals surface area contributed by atoms with E-state index >= 15 is 0 Å². The molecule has 0 atom stereocenters. The van der Waals surface area contributed by atoms with Crippen molar-refractivity contribution in [3.05, 3.63) is 70.9 Å². The monoisotopic (exact) mass is 349 g/mol. The molecule has 5 heteroatoms. The van der Waals surface area contributed by atoms with Gasteiger partial charge in [0.05, 0.1) is 11.4 Å². The van der Waals surface area contributed by atoms with E-state index in [2.05, 4.69) is 22.1 Å². The van der Waals surface area contributed by atoms with E-state index in [1.165, 1.54) is 11.3 Å². The molecule has 2 aromatic heterocycles. The summed E-state index contributed by atoms with van der Waals surface area (Å²) < 4.78 is 0. The fraction of sp³-hybridized carbons (Fsp3) is 0.250. The molecule has 0 unspecified atom stereocenters. The second-order valence-corrected chi connectivity index (χ2v) is 7.30. The number of aromatic nitrogens is 2. The standard InChI is InChI=1S/C20H19N3OS/c1-14-18(25-19(22-14)17-9-5-6-12-21-17)20(24)23(16-10-11-16)13-15-7-3-2-4-8-15/h2-9,12,16H,10-11,13H2,1H3. The summed E-state index contributed by atoms with van der Waals surface area (Å²) in [5.41, 5.74) is 2.76. The van der Waals surface area contributed by atoms with Gasteiger partial charge in [-0.05, 0) is 37.5 Å². The van der Waals surface area contributed by atoms with Crippen molar-refractivity contribution >= 4 is 17.2 Å². The Morgan fingerprint density at radius 3 is 2.60 bits per heavy atom. The molecule has 126 valence electrons. The molecule has 25 heavy (non-hydrogen) atoms. The van der Waals surface area contributed by atoms with Gasteiger partial charge in [-0.15, -0.1) is 11.3 Å². The Bertz CT molecular complexity index is 872. The third-order valence-electron chi connectivity index (χ3n) is 4.32. The van der Waals surface area contributed by atoms with Gasteiger partial charge < -0.3 is 4.90 Å². The maximum atomic E-state index is 13.2. The lowest BCUT2D eigenvalue weighted by atomic mass is 10.2. The number of benzene rings is 1. The van der Waals surface area contributed by atoms with E-state index in [-0.39, 0.29) is 5.91 Å². The molecule has 0 saturated heterocycles. The Morgan fingerprint density at radius 2 is 1.92 bits per heavy atom. The van der Waals surface area contributed by atoms with Crippen LogP contribution >= 0.6 is 11.3 Å². The first-order valence-corrected chi connectivity index (χ1v) is 9.28. The first-order chi connectivity index (χ1) is 12.2. The lowest BCUT2D eigenvalue weighted by molar-refractivity contribution is 0.0734. The molecule has 3 aromatic rings. The number of hydrogen-bond acceptors (Lipinski definition) is 4. The van der Waals surface area contributed by atoms with Crippen LogP contribution in [0.1, 0.15) is 33.8 Å². The summed E-state index contributed by atoms with van der Waals surface area (Å²) in [7, 11) is 0. The van der Waals surface area contributed by atoms with Crippen LogP contribution in [-0.2, 0) is 6.54 Å². The molecule has 0 N–H and O–H groups in total. The van der Waals surface area contributed by atoms with Gasteiger partial charge in [0, 0.05) is 18.8 Å². The number of nitrogens with zero attached hydrogens (tertiary/aromatic N) is 3. The van der Waals surface area contributed by atoms with E-state index in [9.17, 15) is 4.79 Å². The molecule has 0 aliphatic heterocycles. The van der Waals surface area contributed by atoms with Crippen LogP contribution in [0.4, 0.5) is 0 Å². The number of rotatable bonds is 5. The molecule has 1 aliphatic carbocycles. The summed E-state index contributed by atoms with van der Waals surface area (Å²) in [5, 5.41) is 0.803. The number of pyridine rings is 1. The smallest absolute Gasteiger partial charge is 0.266 e. The fourth-order valence-corrected chi connectivity index (χ4v) is 3.86. The zero-order valence-corrected chi connectivity index (χ0v) is 14.9. The third kappa shape index (κ3) is 3.46. The van der Waals surface area contributed by atoms with E-state index in [1.54, 1.807) is 6.20 Å². The van der Waals surface area contributed by atoms with Gasteiger partial charge in [-0.3, -0.25) is 9.78 Å². The largest absolute Gasteiger partial charge is 0.331 e. The van der Waals surface area contributed by atoms with Gasteiger partial charge in [0.25, 0.3) is 5.91 Å². The van der Waals surface area contributed by atoms with Crippen molar-refractivity contribution in [2.75, 3.05) is 0 Å². The van der Waals surface area contributed by atoms with Crippen LogP contribution in [0.2, 0.25) is 0 Å².